The van der Waals surface area contributed by atoms with Crippen molar-refractivity contribution in [3.05, 3.63) is 40.9 Å². The topological polar surface area (TPSA) is 144 Å². The number of benzene rings is 1. The van der Waals surface area contributed by atoms with Crippen molar-refractivity contribution < 1.29 is 14.7 Å². The van der Waals surface area contributed by atoms with Gasteiger partial charge in [-0.3, -0.25) is 9.59 Å². The van der Waals surface area contributed by atoms with Crippen LogP contribution in [0.1, 0.15) is 17.0 Å². The molecule has 0 bridgehead atoms. The molecule has 25 heavy (non-hydrogen) atoms. The number of nitrogens with two attached hydrogens (primary N) is 2. The number of rotatable bonds is 3. The largest absolute Gasteiger partial charge is 0.483 e. The van der Waals surface area contributed by atoms with E-state index in [0.717, 1.165) is 29.1 Å². The van der Waals surface area contributed by atoms with E-state index in [2.05, 4.69) is 15.3 Å². The molecule has 0 saturated heterocycles. The molecule has 132 valence electrons. The second-order valence-corrected chi connectivity index (χ2v) is 6.37. The smallest absolute Gasteiger partial charge is 0.290 e. The van der Waals surface area contributed by atoms with Gasteiger partial charge in [0.2, 0.25) is 11.0 Å². The number of anilines is 1. The first-order chi connectivity index (χ1) is 12.0. The molecule has 1 unspecified atom stereocenters. The van der Waals surface area contributed by atoms with Crippen LogP contribution in [0.3, 0.4) is 0 Å². The lowest BCUT2D eigenvalue weighted by Crippen LogP contribution is -2.27. The van der Waals surface area contributed by atoms with Crippen LogP contribution in [0.5, 0.6) is 0 Å². The number of nitrogens with one attached hydrogen (secondary N) is 1. The monoisotopic (exact) mass is 361 g/mol. The van der Waals surface area contributed by atoms with Crippen LogP contribution in [-0.4, -0.2) is 28.4 Å². The lowest BCUT2D eigenvalue weighted by atomic mass is 9.90. The van der Waals surface area contributed by atoms with Crippen molar-refractivity contribution >= 4 is 40.5 Å². The van der Waals surface area contributed by atoms with Crippen LogP contribution in [0.25, 0.3) is 0 Å². The number of para-hydroxylation sites is 1. The molecule has 0 spiro atoms. The fourth-order valence-corrected chi connectivity index (χ4v) is 3.59. The summed E-state index contributed by atoms with van der Waals surface area (Å²) in [6.07, 6.45) is 2.25. The number of hydrogen-bond donors (Lipinski definition) is 4. The second kappa shape index (κ2) is 8.78. The maximum atomic E-state index is 12.4. The standard InChI is InChI=1S/C15H17N5OS.CH2O2/c16-14(17)20-15-19-11-7-6-9(8-12(11)22-15)13(21)18-10-4-2-1-3-5-10;2-1-3/h1-5,9H,6-8H2,(H,18,21)(H4,16,17,19,20);1H,(H,2,3). The Hall–Kier alpha value is -2.94. The number of nitrogens with zero attached hydrogens (tertiary/aromatic N) is 2. The summed E-state index contributed by atoms with van der Waals surface area (Å²) in [6, 6.07) is 9.50. The number of carboxylic acid groups (broad SMARTS) is 1. The van der Waals surface area contributed by atoms with Gasteiger partial charge in [-0.25, -0.2) is 4.98 Å². The number of aliphatic imine (C=N–C) groups is 1. The van der Waals surface area contributed by atoms with Gasteiger partial charge in [-0.15, -0.1) is 0 Å². The predicted molar refractivity (Wildman–Crippen MR) is 96.9 cm³/mol. The zero-order chi connectivity index (χ0) is 18.2. The summed E-state index contributed by atoms with van der Waals surface area (Å²) in [5.74, 6) is 0.0123. The number of guanidine groups is 1. The third kappa shape index (κ3) is 5.28. The summed E-state index contributed by atoms with van der Waals surface area (Å²) >= 11 is 1.45. The van der Waals surface area contributed by atoms with Crippen molar-refractivity contribution in [3.8, 4) is 0 Å². The van der Waals surface area contributed by atoms with Crippen molar-refractivity contribution in [1.29, 1.82) is 0 Å². The molecular formula is C16H19N5O3S. The van der Waals surface area contributed by atoms with Crippen LogP contribution in [0.2, 0.25) is 0 Å². The Kier molecular flexibility index (Phi) is 6.47. The summed E-state index contributed by atoms with van der Waals surface area (Å²) in [5, 5.41) is 10.4. The molecule has 0 fully saturated rings. The Bertz CT molecular complexity index is 756. The van der Waals surface area contributed by atoms with Gasteiger partial charge in [0.1, 0.15) is 0 Å². The van der Waals surface area contributed by atoms with Gasteiger partial charge in [0.25, 0.3) is 6.47 Å². The van der Waals surface area contributed by atoms with E-state index in [1.54, 1.807) is 0 Å². The van der Waals surface area contributed by atoms with Crippen molar-refractivity contribution in [2.45, 2.75) is 19.3 Å². The molecule has 8 nitrogen and oxygen atoms in total. The highest BCUT2D eigenvalue weighted by molar-refractivity contribution is 7.15. The number of amides is 1. The Morgan fingerprint density at radius 1 is 1.36 bits per heavy atom. The number of thiazole rings is 1. The Morgan fingerprint density at radius 2 is 2.04 bits per heavy atom. The molecule has 1 aromatic heterocycles. The average Bonchev–Trinajstić information content (AvgIpc) is 2.96. The fourth-order valence-electron chi connectivity index (χ4n) is 2.51. The van der Waals surface area contributed by atoms with Gasteiger partial charge in [0.15, 0.2) is 5.96 Å². The first-order valence-corrected chi connectivity index (χ1v) is 8.37. The van der Waals surface area contributed by atoms with Crippen LogP contribution < -0.4 is 16.8 Å². The zero-order valence-electron chi connectivity index (χ0n) is 13.4. The normalized spacial score (nSPS) is 15.1. The highest BCUT2D eigenvalue weighted by Crippen LogP contribution is 2.34. The van der Waals surface area contributed by atoms with Gasteiger partial charge in [-0.1, -0.05) is 29.5 Å². The molecule has 3 rings (SSSR count). The fraction of sp³-hybridized carbons (Fsp3) is 0.250. The number of hydrogen-bond acceptors (Lipinski definition) is 5. The maximum absolute atomic E-state index is 12.4. The molecule has 1 amide bonds. The molecular weight excluding hydrogens is 342 g/mol. The van der Waals surface area contributed by atoms with Crippen LogP contribution in [0, 0.1) is 5.92 Å². The van der Waals surface area contributed by atoms with E-state index in [1.165, 1.54) is 11.3 Å². The lowest BCUT2D eigenvalue weighted by Gasteiger charge is -2.20. The van der Waals surface area contributed by atoms with E-state index in [0.29, 0.717) is 11.6 Å². The van der Waals surface area contributed by atoms with Gasteiger partial charge in [-0.2, -0.15) is 4.99 Å². The van der Waals surface area contributed by atoms with Crippen LogP contribution in [-0.2, 0) is 22.4 Å². The minimum atomic E-state index is -0.250. The minimum Gasteiger partial charge on any atom is -0.483 e. The predicted octanol–water partition coefficient (Wildman–Crippen LogP) is 1.49. The van der Waals surface area contributed by atoms with E-state index >= 15 is 0 Å². The Morgan fingerprint density at radius 3 is 2.68 bits per heavy atom. The molecule has 1 heterocycles. The van der Waals surface area contributed by atoms with Gasteiger partial charge in [0, 0.05) is 16.5 Å². The lowest BCUT2D eigenvalue weighted by molar-refractivity contribution is -0.123. The highest BCUT2D eigenvalue weighted by Gasteiger charge is 2.27. The zero-order valence-corrected chi connectivity index (χ0v) is 14.2. The van der Waals surface area contributed by atoms with Crippen LogP contribution in [0.4, 0.5) is 10.8 Å². The first kappa shape index (κ1) is 18.4. The SMILES string of the molecule is NC(N)=Nc1nc2c(s1)CC(C(=O)Nc1ccccc1)CC2.O=CO. The third-order valence-electron chi connectivity index (χ3n) is 3.57. The third-order valence-corrected chi connectivity index (χ3v) is 4.58. The molecule has 0 aliphatic heterocycles. The highest BCUT2D eigenvalue weighted by atomic mass is 32.1. The summed E-state index contributed by atoms with van der Waals surface area (Å²) in [4.78, 5) is 30.2. The van der Waals surface area contributed by atoms with Crippen molar-refractivity contribution in [3.63, 3.8) is 0 Å². The molecule has 9 heteroatoms. The summed E-state index contributed by atoms with van der Waals surface area (Å²) < 4.78 is 0. The summed E-state index contributed by atoms with van der Waals surface area (Å²) in [7, 11) is 0. The average molecular weight is 361 g/mol. The van der Waals surface area contributed by atoms with Crippen molar-refractivity contribution in [1.82, 2.24) is 4.98 Å². The number of aryl methyl sites for hydroxylation is 1. The van der Waals surface area contributed by atoms with Crippen molar-refractivity contribution in [2.24, 2.45) is 22.4 Å². The van der Waals surface area contributed by atoms with E-state index in [9.17, 15) is 4.79 Å². The van der Waals surface area contributed by atoms with E-state index in [4.69, 9.17) is 21.4 Å². The first-order valence-electron chi connectivity index (χ1n) is 7.55. The second-order valence-electron chi connectivity index (χ2n) is 5.30. The number of carbonyl (C=O) groups excluding carboxylic acids is 1. The summed E-state index contributed by atoms with van der Waals surface area (Å²) in [6.45, 7) is -0.250. The van der Waals surface area contributed by atoms with E-state index in [-0.39, 0.29) is 24.3 Å². The Balaban J connectivity index is 0.000000701. The summed E-state index contributed by atoms with van der Waals surface area (Å²) in [5.41, 5.74) is 12.6. The van der Waals surface area contributed by atoms with Crippen LogP contribution >= 0.6 is 11.3 Å². The molecule has 1 atom stereocenters. The van der Waals surface area contributed by atoms with Gasteiger partial charge in [-0.05, 0) is 31.4 Å². The molecule has 2 aromatic rings. The van der Waals surface area contributed by atoms with Gasteiger partial charge < -0.3 is 21.9 Å². The number of carbonyl (C=O) groups is 2. The number of fused-ring (bicyclic) bond motifs is 1. The molecule has 0 saturated carbocycles. The molecule has 6 N–H and O–H groups in total. The molecule has 1 aliphatic rings. The van der Waals surface area contributed by atoms with Gasteiger partial charge in [0.05, 0.1) is 5.69 Å². The van der Waals surface area contributed by atoms with Crippen molar-refractivity contribution in [2.75, 3.05) is 5.32 Å². The van der Waals surface area contributed by atoms with Crippen LogP contribution in [0.15, 0.2) is 35.3 Å². The minimum absolute atomic E-state index is 0.00414. The number of aromatic nitrogens is 1. The Labute approximate surface area is 148 Å². The van der Waals surface area contributed by atoms with E-state index in [1.807, 2.05) is 30.3 Å². The molecule has 1 aliphatic carbocycles. The maximum Gasteiger partial charge on any atom is 0.290 e. The quantitative estimate of drug-likeness (QED) is 0.370. The molecule has 1 aromatic carbocycles. The van der Waals surface area contributed by atoms with E-state index < -0.39 is 0 Å². The molecule has 0 radical (unpaired) electrons. The van der Waals surface area contributed by atoms with Gasteiger partial charge >= 0.3 is 0 Å².